The largest absolute Gasteiger partial charge is 0.435 e. The van der Waals surface area contributed by atoms with Crippen LogP contribution in [0.1, 0.15) is 37.4 Å². The lowest BCUT2D eigenvalue weighted by atomic mass is 9.90. The number of hydrogen-bond acceptors (Lipinski definition) is 3. The summed E-state index contributed by atoms with van der Waals surface area (Å²) in [5.41, 5.74) is -7.53. The molecule has 2 aromatic carbocycles. The van der Waals surface area contributed by atoms with Crippen LogP contribution in [-0.4, -0.2) is 29.2 Å². The van der Waals surface area contributed by atoms with Gasteiger partial charge in [-0.25, -0.2) is 9.37 Å². The fraction of sp³-hybridized carbons (Fsp3) is 0.208. The van der Waals surface area contributed by atoms with Gasteiger partial charge in [-0.05, 0) is 55.3 Å². The number of nitrogens with one attached hydrogen (secondary N) is 2. The Morgan fingerprint density at radius 3 is 1.95 bits per heavy atom. The number of hydrogen-bond donors (Lipinski definition) is 2. The van der Waals surface area contributed by atoms with Crippen LogP contribution in [0.2, 0.25) is 5.15 Å². The van der Waals surface area contributed by atoms with Gasteiger partial charge >= 0.3 is 18.0 Å². The Hall–Kier alpha value is -3.67. The van der Waals surface area contributed by atoms with Gasteiger partial charge in [-0.15, -0.1) is 0 Å². The predicted octanol–water partition coefficient (Wildman–Crippen LogP) is 7.15. The Kier molecular flexibility index (Phi) is 7.54. The van der Waals surface area contributed by atoms with E-state index in [9.17, 15) is 40.3 Å². The number of halogens is 8. The van der Waals surface area contributed by atoms with Crippen molar-refractivity contribution in [1.82, 2.24) is 4.98 Å². The lowest BCUT2D eigenvalue weighted by molar-refractivity contribution is -0.348. The number of benzene rings is 2. The molecule has 37 heavy (non-hydrogen) atoms. The molecule has 0 aliphatic rings. The maximum absolute atomic E-state index is 14.5. The van der Waals surface area contributed by atoms with Gasteiger partial charge in [-0.1, -0.05) is 29.8 Å². The van der Waals surface area contributed by atoms with Crippen LogP contribution in [0.15, 0.2) is 54.7 Å². The Labute approximate surface area is 210 Å². The number of aromatic nitrogens is 1. The van der Waals surface area contributed by atoms with Crippen molar-refractivity contribution in [2.24, 2.45) is 0 Å². The SMILES string of the molecule is Cc1cc(C(F)(C(F)(F)F)C(F)(F)F)cc(C)c1NC(=O)c1cccc(NC(=O)c2cccnc2Cl)c1. The monoisotopic (exact) mass is 547 g/mol. The van der Waals surface area contributed by atoms with E-state index < -0.39 is 35.4 Å². The summed E-state index contributed by atoms with van der Waals surface area (Å²) in [6, 6.07) is 9.26. The number of rotatable bonds is 5. The molecule has 0 spiro atoms. The second-order valence-electron chi connectivity index (χ2n) is 7.97. The number of nitrogens with zero attached hydrogens (tertiary/aromatic N) is 1. The number of anilines is 2. The molecule has 1 heterocycles. The zero-order chi connectivity index (χ0) is 27.8. The van der Waals surface area contributed by atoms with E-state index in [-0.39, 0.29) is 38.8 Å². The highest BCUT2D eigenvalue weighted by Crippen LogP contribution is 2.53. The molecule has 0 fully saturated rings. The summed E-state index contributed by atoms with van der Waals surface area (Å²) in [6.45, 7) is 2.27. The van der Waals surface area contributed by atoms with Gasteiger partial charge in [0.25, 0.3) is 11.8 Å². The minimum absolute atomic E-state index is 0.00313. The summed E-state index contributed by atoms with van der Waals surface area (Å²) in [7, 11) is 0. The fourth-order valence-electron chi connectivity index (χ4n) is 3.53. The smallest absolute Gasteiger partial charge is 0.322 e. The highest BCUT2D eigenvalue weighted by molar-refractivity contribution is 6.33. The summed E-state index contributed by atoms with van der Waals surface area (Å²) in [5, 5.41) is 4.89. The van der Waals surface area contributed by atoms with E-state index in [1.165, 1.54) is 42.6 Å². The van der Waals surface area contributed by atoms with Crippen molar-refractivity contribution in [3.05, 3.63) is 87.7 Å². The lowest BCUT2D eigenvalue weighted by Gasteiger charge is -2.31. The maximum Gasteiger partial charge on any atom is 0.435 e. The van der Waals surface area contributed by atoms with Crippen molar-refractivity contribution >= 4 is 34.8 Å². The van der Waals surface area contributed by atoms with Gasteiger partial charge in [-0.2, -0.15) is 26.3 Å². The van der Waals surface area contributed by atoms with Crippen LogP contribution in [0.4, 0.5) is 42.1 Å². The molecule has 3 rings (SSSR count). The van der Waals surface area contributed by atoms with Gasteiger partial charge in [0.1, 0.15) is 5.15 Å². The van der Waals surface area contributed by atoms with Crippen LogP contribution >= 0.6 is 11.6 Å². The van der Waals surface area contributed by atoms with Gasteiger partial charge in [-0.3, -0.25) is 9.59 Å². The van der Waals surface area contributed by atoms with Gasteiger partial charge in [0.2, 0.25) is 0 Å². The maximum atomic E-state index is 14.5. The fourth-order valence-corrected chi connectivity index (χ4v) is 3.73. The zero-order valence-electron chi connectivity index (χ0n) is 19.0. The third-order valence-corrected chi connectivity index (χ3v) is 5.64. The highest BCUT2D eigenvalue weighted by atomic mass is 35.5. The van der Waals surface area contributed by atoms with E-state index in [1.54, 1.807) is 0 Å². The van der Waals surface area contributed by atoms with Crippen molar-refractivity contribution in [2.45, 2.75) is 31.9 Å². The van der Waals surface area contributed by atoms with Crippen molar-refractivity contribution in [3.8, 4) is 0 Å². The Bertz CT molecular complexity index is 1320. The van der Waals surface area contributed by atoms with Gasteiger partial charge in [0, 0.05) is 28.7 Å². The highest BCUT2D eigenvalue weighted by Gasteiger charge is 2.73. The summed E-state index contributed by atoms with van der Waals surface area (Å²) in [4.78, 5) is 29.0. The molecule has 0 atom stereocenters. The summed E-state index contributed by atoms with van der Waals surface area (Å²) >= 11 is 5.89. The van der Waals surface area contributed by atoms with E-state index in [2.05, 4.69) is 15.6 Å². The molecule has 0 radical (unpaired) electrons. The van der Waals surface area contributed by atoms with E-state index in [4.69, 9.17) is 11.6 Å². The second-order valence-corrected chi connectivity index (χ2v) is 8.33. The van der Waals surface area contributed by atoms with Crippen molar-refractivity contribution in [2.75, 3.05) is 10.6 Å². The van der Waals surface area contributed by atoms with Crippen molar-refractivity contribution < 1.29 is 40.3 Å². The van der Waals surface area contributed by atoms with E-state index in [0.717, 1.165) is 13.8 Å². The molecule has 0 unspecified atom stereocenters. The Morgan fingerprint density at radius 1 is 0.811 bits per heavy atom. The molecule has 13 heteroatoms. The molecule has 2 N–H and O–H groups in total. The van der Waals surface area contributed by atoms with E-state index in [0.29, 0.717) is 12.1 Å². The van der Waals surface area contributed by atoms with Crippen LogP contribution in [0.25, 0.3) is 0 Å². The van der Waals surface area contributed by atoms with Crippen LogP contribution in [0, 0.1) is 13.8 Å². The van der Waals surface area contributed by atoms with Crippen LogP contribution in [0.5, 0.6) is 0 Å². The lowest BCUT2D eigenvalue weighted by Crippen LogP contribution is -2.50. The molecule has 5 nitrogen and oxygen atoms in total. The molecule has 0 saturated carbocycles. The summed E-state index contributed by atoms with van der Waals surface area (Å²) in [5.74, 6) is -1.39. The number of carbonyl (C=O) groups is 2. The first-order chi connectivity index (χ1) is 17.1. The van der Waals surface area contributed by atoms with E-state index in [1.807, 2.05) is 0 Å². The molecule has 0 saturated heterocycles. The van der Waals surface area contributed by atoms with Crippen molar-refractivity contribution in [1.29, 1.82) is 0 Å². The number of carbonyl (C=O) groups excluding carboxylic acids is 2. The van der Waals surface area contributed by atoms with Gasteiger partial charge in [0.15, 0.2) is 0 Å². The zero-order valence-corrected chi connectivity index (χ0v) is 19.7. The van der Waals surface area contributed by atoms with Crippen LogP contribution < -0.4 is 10.6 Å². The van der Waals surface area contributed by atoms with E-state index >= 15 is 0 Å². The number of alkyl halides is 7. The molecule has 2 amide bonds. The molecule has 196 valence electrons. The molecule has 1 aromatic heterocycles. The number of amides is 2. The summed E-state index contributed by atoms with van der Waals surface area (Å²) < 4.78 is 93.3. The molecule has 0 bridgehead atoms. The minimum atomic E-state index is -6.26. The second kappa shape index (κ2) is 10.0. The quantitative estimate of drug-likeness (QED) is 0.263. The normalized spacial score (nSPS) is 12.3. The summed E-state index contributed by atoms with van der Waals surface area (Å²) in [6.07, 6.45) is -11.1. The average molecular weight is 548 g/mol. The Balaban J connectivity index is 1.87. The average Bonchev–Trinajstić information content (AvgIpc) is 2.79. The number of aryl methyl sites for hydroxylation is 2. The first-order valence-electron chi connectivity index (χ1n) is 10.3. The molecular formula is C24H17ClF7N3O2. The topological polar surface area (TPSA) is 71.1 Å². The predicted molar refractivity (Wildman–Crippen MR) is 122 cm³/mol. The minimum Gasteiger partial charge on any atom is -0.322 e. The molecule has 3 aromatic rings. The number of pyridine rings is 1. The molecular weight excluding hydrogens is 531 g/mol. The standard InChI is InChI=1S/C24H17ClF7N3O2/c1-12-9-15(22(26,23(27,28)29)24(30,31)32)10-13(2)18(12)35-20(36)14-5-3-6-16(11-14)34-21(37)17-7-4-8-33-19(17)25/h3-11H,1-2H3,(H,34,37)(H,35,36). The van der Waals surface area contributed by atoms with Gasteiger partial charge < -0.3 is 10.6 Å². The first-order valence-corrected chi connectivity index (χ1v) is 10.7. The van der Waals surface area contributed by atoms with Gasteiger partial charge in [0.05, 0.1) is 5.56 Å². The Morgan fingerprint density at radius 2 is 1.41 bits per heavy atom. The molecule has 0 aliphatic carbocycles. The van der Waals surface area contributed by atoms with Crippen molar-refractivity contribution in [3.63, 3.8) is 0 Å². The van der Waals surface area contributed by atoms with Crippen LogP contribution in [0.3, 0.4) is 0 Å². The third kappa shape index (κ3) is 5.53. The molecule has 0 aliphatic heterocycles. The van der Waals surface area contributed by atoms with Crippen LogP contribution in [-0.2, 0) is 5.67 Å². The first kappa shape index (κ1) is 27.9. The third-order valence-electron chi connectivity index (χ3n) is 5.34.